The average Bonchev–Trinajstić information content (AvgIpc) is 2.93. The van der Waals surface area contributed by atoms with E-state index in [0.29, 0.717) is 10.8 Å². The molecule has 1 heterocycles. The van der Waals surface area contributed by atoms with Crippen LogP contribution in [-0.2, 0) is 4.79 Å². The fourth-order valence-electron chi connectivity index (χ4n) is 2.69. The van der Waals surface area contributed by atoms with Gasteiger partial charge in [0, 0.05) is 29.2 Å². The lowest BCUT2D eigenvalue weighted by molar-refractivity contribution is -0.117. The SMILES string of the molecule is CC(=O)N(c1ccc(Cl)cc1F)C1CSC(=Nc2ccc(Br)cc2)N1C.Cl. The van der Waals surface area contributed by atoms with Crippen LogP contribution in [0.15, 0.2) is 51.9 Å². The highest BCUT2D eigenvalue weighted by Crippen LogP contribution is 2.32. The van der Waals surface area contributed by atoms with E-state index in [9.17, 15) is 9.18 Å². The molecule has 2 aromatic carbocycles. The number of aliphatic imine (C=N–C) groups is 1. The van der Waals surface area contributed by atoms with Gasteiger partial charge in [-0.25, -0.2) is 9.38 Å². The van der Waals surface area contributed by atoms with E-state index in [1.54, 1.807) is 6.07 Å². The first-order chi connectivity index (χ1) is 12.4. The van der Waals surface area contributed by atoms with E-state index in [-0.39, 0.29) is 30.2 Å². The van der Waals surface area contributed by atoms with Crippen molar-refractivity contribution in [2.24, 2.45) is 4.99 Å². The standard InChI is InChI=1S/C18H16BrClFN3OS.ClH/c1-11(25)24(16-8-5-13(20)9-15(16)21)17-10-26-18(23(17)2)22-14-6-3-12(19)4-7-14;/h3-9,17H,10H2,1-2H3;1H. The van der Waals surface area contributed by atoms with Gasteiger partial charge in [0.2, 0.25) is 5.91 Å². The molecule has 144 valence electrons. The molecule has 3 rings (SSSR count). The van der Waals surface area contributed by atoms with E-state index in [1.165, 1.54) is 35.7 Å². The number of carbonyl (C=O) groups excluding carboxylic acids is 1. The summed E-state index contributed by atoms with van der Waals surface area (Å²) in [7, 11) is 1.85. The highest BCUT2D eigenvalue weighted by molar-refractivity contribution is 9.10. The molecule has 27 heavy (non-hydrogen) atoms. The number of nitrogens with zero attached hydrogens (tertiary/aromatic N) is 3. The fourth-order valence-corrected chi connectivity index (χ4v) is 4.28. The predicted octanol–water partition coefficient (Wildman–Crippen LogP) is 5.71. The molecule has 1 saturated heterocycles. The monoisotopic (exact) mass is 491 g/mol. The zero-order valence-electron chi connectivity index (χ0n) is 14.5. The van der Waals surface area contributed by atoms with Crippen molar-refractivity contribution in [1.82, 2.24) is 4.90 Å². The maximum absolute atomic E-state index is 14.4. The van der Waals surface area contributed by atoms with E-state index in [0.717, 1.165) is 15.3 Å². The minimum atomic E-state index is -0.524. The van der Waals surface area contributed by atoms with Gasteiger partial charge in [-0.15, -0.1) is 12.4 Å². The summed E-state index contributed by atoms with van der Waals surface area (Å²) < 4.78 is 15.4. The van der Waals surface area contributed by atoms with Crippen molar-refractivity contribution >= 4 is 74.1 Å². The number of thioether (sulfide) groups is 1. The Hall–Kier alpha value is -1.28. The summed E-state index contributed by atoms with van der Waals surface area (Å²) in [5.74, 6) is -0.175. The lowest BCUT2D eigenvalue weighted by atomic mass is 10.2. The summed E-state index contributed by atoms with van der Waals surface area (Å²) in [6, 6.07) is 12.0. The maximum atomic E-state index is 14.4. The van der Waals surface area contributed by atoms with Crippen LogP contribution in [0.25, 0.3) is 0 Å². The van der Waals surface area contributed by atoms with Crippen molar-refractivity contribution in [2.75, 3.05) is 17.7 Å². The molecule has 1 aliphatic rings. The van der Waals surface area contributed by atoms with Gasteiger partial charge in [-0.3, -0.25) is 9.69 Å². The van der Waals surface area contributed by atoms with E-state index >= 15 is 0 Å². The summed E-state index contributed by atoms with van der Waals surface area (Å²) in [6.07, 6.45) is -0.331. The van der Waals surface area contributed by atoms with E-state index in [1.807, 2.05) is 36.2 Å². The van der Waals surface area contributed by atoms with Crippen molar-refractivity contribution in [1.29, 1.82) is 0 Å². The van der Waals surface area contributed by atoms with Crippen LogP contribution in [0.4, 0.5) is 15.8 Å². The predicted molar refractivity (Wildman–Crippen MR) is 117 cm³/mol. The smallest absolute Gasteiger partial charge is 0.225 e. The molecule has 0 radical (unpaired) electrons. The number of amidine groups is 1. The van der Waals surface area contributed by atoms with Gasteiger partial charge in [0.05, 0.1) is 11.4 Å². The summed E-state index contributed by atoms with van der Waals surface area (Å²) in [5, 5.41) is 1.07. The topological polar surface area (TPSA) is 35.9 Å². The number of rotatable bonds is 3. The van der Waals surface area contributed by atoms with Crippen LogP contribution >= 0.6 is 51.7 Å². The van der Waals surface area contributed by atoms with E-state index < -0.39 is 5.82 Å². The second-order valence-electron chi connectivity index (χ2n) is 5.76. The largest absolute Gasteiger partial charge is 0.333 e. The molecule has 0 bridgehead atoms. The van der Waals surface area contributed by atoms with Crippen molar-refractivity contribution < 1.29 is 9.18 Å². The molecule has 1 amide bonds. The third-order valence-corrected chi connectivity index (χ3v) is 5.83. The molecule has 0 aliphatic carbocycles. The third-order valence-electron chi connectivity index (χ3n) is 3.97. The van der Waals surface area contributed by atoms with Gasteiger partial charge in [0.15, 0.2) is 5.17 Å². The Morgan fingerprint density at radius 2 is 2.00 bits per heavy atom. The first-order valence-electron chi connectivity index (χ1n) is 7.81. The Kier molecular flexibility index (Phi) is 7.56. The normalized spacial score (nSPS) is 17.7. The maximum Gasteiger partial charge on any atom is 0.225 e. The van der Waals surface area contributed by atoms with Crippen molar-refractivity contribution in [3.63, 3.8) is 0 Å². The number of anilines is 1. The molecule has 1 aliphatic heterocycles. The summed E-state index contributed by atoms with van der Waals surface area (Å²) >= 11 is 10.8. The van der Waals surface area contributed by atoms with Crippen LogP contribution < -0.4 is 4.90 Å². The van der Waals surface area contributed by atoms with Crippen LogP contribution in [-0.4, -0.2) is 34.9 Å². The molecule has 0 N–H and O–H groups in total. The lowest BCUT2D eigenvalue weighted by Crippen LogP contribution is -2.48. The molecule has 1 atom stereocenters. The van der Waals surface area contributed by atoms with Gasteiger partial charge in [-0.1, -0.05) is 39.3 Å². The van der Waals surface area contributed by atoms with E-state index in [4.69, 9.17) is 11.6 Å². The molecule has 0 saturated carbocycles. The van der Waals surface area contributed by atoms with Crippen molar-refractivity contribution in [3.05, 3.63) is 57.8 Å². The van der Waals surface area contributed by atoms with Gasteiger partial charge in [0.25, 0.3) is 0 Å². The zero-order valence-corrected chi connectivity index (χ0v) is 18.5. The van der Waals surface area contributed by atoms with Gasteiger partial charge in [-0.2, -0.15) is 0 Å². The Morgan fingerprint density at radius 3 is 2.59 bits per heavy atom. The first kappa shape index (κ1) is 22.0. The number of hydrogen-bond donors (Lipinski definition) is 0. The zero-order chi connectivity index (χ0) is 18.8. The van der Waals surface area contributed by atoms with Crippen LogP contribution in [0.2, 0.25) is 5.02 Å². The van der Waals surface area contributed by atoms with Gasteiger partial charge in [0.1, 0.15) is 12.0 Å². The first-order valence-corrected chi connectivity index (χ1v) is 9.97. The molecule has 1 fully saturated rings. The summed E-state index contributed by atoms with van der Waals surface area (Å²) in [4.78, 5) is 20.2. The molecule has 0 aromatic heterocycles. The van der Waals surface area contributed by atoms with Crippen molar-refractivity contribution in [3.8, 4) is 0 Å². The molecular weight excluding hydrogens is 476 g/mol. The number of carbonyl (C=O) groups is 1. The van der Waals surface area contributed by atoms with Gasteiger partial charge >= 0.3 is 0 Å². The lowest BCUT2D eigenvalue weighted by Gasteiger charge is -2.33. The van der Waals surface area contributed by atoms with Crippen LogP contribution in [0.5, 0.6) is 0 Å². The molecule has 4 nitrogen and oxygen atoms in total. The van der Waals surface area contributed by atoms with E-state index in [2.05, 4.69) is 20.9 Å². The highest BCUT2D eigenvalue weighted by atomic mass is 79.9. The number of halogens is 4. The minimum Gasteiger partial charge on any atom is -0.333 e. The van der Waals surface area contributed by atoms with Gasteiger partial charge in [-0.05, 0) is 42.5 Å². The number of hydrogen-bond acceptors (Lipinski definition) is 3. The quantitative estimate of drug-likeness (QED) is 0.550. The Bertz CT molecular complexity index is 866. The average molecular weight is 493 g/mol. The second kappa shape index (κ2) is 9.28. The van der Waals surface area contributed by atoms with Crippen LogP contribution in [0.1, 0.15) is 6.92 Å². The van der Waals surface area contributed by atoms with Crippen LogP contribution in [0.3, 0.4) is 0 Å². The molecule has 0 spiro atoms. The molecular formula is C18H17BrCl2FN3OS. The third kappa shape index (κ3) is 4.96. The fraction of sp³-hybridized carbons (Fsp3) is 0.222. The minimum absolute atomic E-state index is 0. The van der Waals surface area contributed by atoms with Crippen LogP contribution in [0, 0.1) is 5.82 Å². The Labute approximate surface area is 181 Å². The Balaban J connectivity index is 0.00000261. The second-order valence-corrected chi connectivity index (χ2v) is 8.10. The molecule has 2 aromatic rings. The summed E-state index contributed by atoms with van der Waals surface area (Å²) in [6.45, 7) is 1.43. The Morgan fingerprint density at radius 1 is 1.33 bits per heavy atom. The molecule has 1 unspecified atom stereocenters. The number of amides is 1. The number of benzene rings is 2. The highest BCUT2D eigenvalue weighted by Gasteiger charge is 2.35. The van der Waals surface area contributed by atoms with Gasteiger partial charge < -0.3 is 4.90 Å². The van der Waals surface area contributed by atoms with Crippen molar-refractivity contribution in [2.45, 2.75) is 13.1 Å². The summed E-state index contributed by atoms with van der Waals surface area (Å²) in [5.41, 5.74) is 1.03. The molecule has 9 heteroatoms.